The van der Waals surface area contributed by atoms with E-state index in [1.165, 1.54) is 4.90 Å². The summed E-state index contributed by atoms with van der Waals surface area (Å²) >= 11 is 0. The van der Waals surface area contributed by atoms with Gasteiger partial charge in [-0.2, -0.15) is 0 Å². The summed E-state index contributed by atoms with van der Waals surface area (Å²) in [4.78, 5) is 28.5. The molecule has 0 unspecified atom stereocenters. The van der Waals surface area contributed by atoms with Crippen LogP contribution in [0.1, 0.15) is 39.2 Å². The fourth-order valence-electron chi connectivity index (χ4n) is 3.18. The van der Waals surface area contributed by atoms with Crippen LogP contribution in [-0.2, 0) is 9.59 Å². The minimum Gasteiger partial charge on any atom is -0.482 e. The van der Waals surface area contributed by atoms with Gasteiger partial charge in [-0.15, -0.1) is 0 Å². The molecule has 0 spiro atoms. The molecule has 1 heterocycles. The van der Waals surface area contributed by atoms with Crippen LogP contribution in [0.2, 0.25) is 0 Å². The Morgan fingerprint density at radius 1 is 1.35 bits per heavy atom. The van der Waals surface area contributed by atoms with E-state index in [4.69, 9.17) is 4.74 Å². The van der Waals surface area contributed by atoms with Gasteiger partial charge < -0.3 is 15.0 Å². The summed E-state index contributed by atoms with van der Waals surface area (Å²) in [5, 5.41) is 3.01. The summed E-state index contributed by atoms with van der Waals surface area (Å²) < 4.78 is 5.48. The quantitative estimate of drug-likeness (QED) is 0.733. The summed E-state index contributed by atoms with van der Waals surface area (Å²) in [6, 6.07) is 5.73. The van der Waals surface area contributed by atoms with E-state index in [0.29, 0.717) is 11.4 Å². The van der Waals surface area contributed by atoms with Crippen LogP contribution in [0.25, 0.3) is 0 Å². The first kappa shape index (κ1) is 20.2. The normalized spacial score (nSPS) is 14.8. The van der Waals surface area contributed by atoms with Gasteiger partial charge in [-0.25, -0.2) is 0 Å². The maximum Gasteiger partial charge on any atom is 0.265 e. The molecule has 0 fully saturated rings. The zero-order valence-electron chi connectivity index (χ0n) is 16.4. The Labute approximate surface area is 156 Å². The Morgan fingerprint density at radius 2 is 2.08 bits per heavy atom. The van der Waals surface area contributed by atoms with Gasteiger partial charge in [0.15, 0.2) is 6.61 Å². The minimum absolute atomic E-state index is 0.0246. The van der Waals surface area contributed by atoms with Gasteiger partial charge in [0.05, 0.1) is 5.69 Å². The lowest BCUT2D eigenvalue weighted by atomic mass is 10.1. The molecule has 1 N–H and O–H groups in total. The number of nitrogens with one attached hydrogen (secondary N) is 1. The third-order valence-corrected chi connectivity index (χ3v) is 4.77. The number of hydrogen-bond donors (Lipinski definition) is 1. The number of nitrogens with zero attached hydrogens (tertiary/aromatic N) is 2. The van der Waals surface area contributed by atoms with Gasteiger partial charge in [0, 0.05) is 6.04 Å². The maximum atomic E-state index is 12.4. The first-order chi connectivity index (χ1) is 12.4. The number of carbonyl (C=O) groups excluding carboxylic acids is 2. The lowest BCUT2D eigenvalue weighted by Crippen LogP contribution is -2.46. The number of aryl methyl sites for hydroxylation is 1. The topological polar surface area (TPSA) is 61.9 Å². The third-order valence-electron chi connectivity index (χ3n) is 4.77. The van der Waals surface area contributed by atoms with Crippen molar-refractivity contribution in [2.24, 2.45) is 0 Å². The van der Waals surface area contributed by atoms with Gasteiger partial charge in [-0.05, 0) is 64.0 Å². The maximum absolute atomic E-state index is 12.4. The highest BCUT2D eigenvalue weighted by Crippen LogP contribution is 2.32. The number of carbonyl (C=O) groups is 2. The van der Waals surface area contributed by atoms with Gasteiger partial charge in [-0.3, -0.25) is 14.5 Å². The van der Waals surface area contributed by atoms with Gasteiger partial charge in [0.1, 0.15) is 12.3 Å². The monoisotopic (exact) mass is 361 g/mol. The number of benzene rings is 1. The molecule has 26 heavy (non-hydrogen) atoms. The molecule has 0 aromatic heterocycles. The zero-order chi connectivity index (χ0) is 19.1. The van der Waals surface area contributed by atoms with Crippen molar-refractivity contribution in [1.82, 2.24) is 10.2 Å². The molecule has 0 aliphatic carbocycles. The molecule has 2 amide bonds. The Hall–Kier alpha value is -2.08. The third kappa shape index (κ3) is 5.46. The van der Waals surface area contributed by atoms with E-state index in [2.05, 4.69) is 24.1 Å². The van der Waals surface area contributed by atoms with E-state index < -0.39 is 0 Å². The predicted molar refractivity (Wildman–Crippen MR) is 104 cm³/mol. The molecule has 2 rings (SSSR count). The van der Waals surface area contributed by atoms with Crippen molar-refractivity contribution in [3.05, 3.63) is 23.8 Å². The summed E-state index contributed by atoms with van der Waals surface area (Å²) in [6.07, 6.45) is 1.97. The molecule has 1 atom stereocenters. The molecule has 6 nitrogen and oxygen atoms in total. The average Bonchev–Trinajstić information content (AvgIpc) is 2.61. The molecule has 1 aromatic rings. The Bertz CT molecular complexity index is 629. The SMILES string of the molecule is CCN(CC)CCC[C@@H](C)NC(=O)CN1C(=O)COc2cc(C)ccc21. The number of fused-ring (bicyclic) bond motifs is 1. The molecule has 0 radical (unpaired) electrons. The molecule has 6 heteroatoms. The fraction of sp³-hybridized carbons (Fsp3) is 0.600. The van der Waals surface area contributed by atoms with Crippen molar-refractivity contribution in [1.29, 1.82) is 0 Å². The number of hydrogen-bond acceptors (Lipinski definition) is 4. The van der Waals surface area contributed by atoms with Crippen molar-refractivity contribution < 1.29 is 14.3 Å². The van der Waals surface area contributed by atoms with Crippen LogP contribution in [0.15, 0.2) is 18.2 Å². The molecule has 0 saturated heterocycles. The van der Waals surface area contributed by atoms with Gasteiger partial charge in [0.2, 0.25) is 5.91 Å². The van der Waals surface area contributed by atoms with Gasteiger partial charge >= 0.3 is 0 Å². The molecule has 144 valence electrons. The molecule has 0 bridgehead atoms. The Morgan fingerprint density at radius 3 is 2.77 bits per heavy atom. The van der Waals surface area contributed by atoms with E-state index in [1.54, 1.807) is 0 Å². The molecular formula is C20H31N3O3. The molecule has 1 aromatic carbocycles. The van der Waals surface area contributed by atoms with Crippen molar-refractivity contribution in [3.8, 4) is 5.75 Å². The molecule has 1 aliphatic heterocycles. The summed E-state index contributed by atoms with van der Waals surface area (Å²) in [5.74, 6) is 0.331. The van der Waals surface area contributed by atoms with Crippen LogP contribution in [0, 0.1) is 6.92 Å². The van der Waals surface area contributed by atoms with Crippen LogP contribution in [0.5, 0.6) is 5.75 Å². The van der Waals surface area contributed by atoms with Gasteiger partial charge in [0.25, 0.3) is 5.91 Å². The average molecular weight is 361 g/mol. The van der Waals surface area contributed by atoms with Crippen LogP contribution < -0.4 is 15.0 Å². The number of ether oxygens (including phenoxy) is 1. The first-order valence-corrected chi connectivity index (χ1v) is 9.50. The van der Waals surface area contributed by atoms with E-state index in [-0.39, 0.29) is 31.0 Å². The first-order valence-electron chi connectivity index (χ1n) is 9.50. The van der Waals surface area contributed by atoms with Gasteiger partial charge in [-0.1, -0.05) is 19.9 Å². The van der Waals surface area contributed by atoms with Crippen LogP contribution in [0.4, 0.5) is 5.69 Å². The predicted octanol–water partition coefficient (Wildman–Crippen LogP) is 2.35. The van der Waals surface area contributed by atoms with E-state index in [0.717, 1.165) is 38.0 Å². The van der Waals surface area contributed by atoms with Crippen molar-refractivity contribution in [2.75, 3.05) is 37.7 Å². The van der Waals surface area contributed by atoms with E-state index in [9.17, 15) is 9.59 Å². The Kier molecular flexibility index (Phi) is 7.45. The highest BCUT2D eigenvalue weighted by atomic mass is 16.5. The molecule has 1 aliphatic rings. The number of amides is 2. The van der Waals surface area contributed by atoms with Crippen molar-refractivity contribution in [3.63, 3.8) is 0 Å². The standard InChI is InChI=1S/C20H31N3O3/c1-5-22(6-2)11-7-8-16(4)21-19(24)13-23-17-10-9-15(3)12-18(17)26-14-20(23)25/h9-10,12,16H,5-8,11,13-14H2,1-4H3,(H,21,24)/t16-/m1/s1. The second-order valence-corrected chi connectivity index (χ2v) is 6.88. The van der Waals surface area contributed by atoms with E-state index in [1.807, 2.05) is 32.0 Å². The summed E-state index contributed by atoms with van der Waals surface area (Å²) in [5.41, 5.74) is 1.72. The minimum atomic E-state index is -0.189. The number of rotatable bonds is 9. The zero-order valence-corrected chi connectivity index (χ0v) is 16.4. The highest BCUT2D eigenvalue weighted by molar-refractivity contribution is 6.02. The second-order valence-electron chi connectivity index (χ2n) is 6.88. The smallest absolute Gasteiger partial charge is 0.265 e. The van der Waals surface area contributed by atoms with E-state index >= 15 is 0 Å². The van der Waals surface area contributed by atoms with Crippen LogP contribution in [-0.4, -0.2) is 55.5 Å². The highest BCUT2D eigenvalue weighted by Gasteiger charge is 2.27. The van der Waals surface area contributed by atoms with Crippen LogP contribution in [0.3, 0.4) is 0 Å². The largest absolute Gasteiger partial charge is 0.482 e. The summed E-state index contributed by atoms with van der Waals surface area (Å²) in [7, 11) is 0. The lowest BCUT2D eigenvalue weighted by molar-refractivity contribution is -0.125. The second kappa shape index (κ2) is 9.57. The fourth-order valence-corrected chi connectivity index (χ4v) is 3.18. The lowest BCUT2D eigenvalue weighted by Gasteiger charge is -2.29. The van der Waals surface area contributed by atoms with Crippen molar-refractivity contribution >= 4 is 17.5 Å². The Balaban J connectivity index is 1.86. The number of anilines is 1. The van der Waals surface area contributed by atoms with Crippen molar-refractivity contribution in [2.45, 2.75) is 46.6 Å². The molecular weight excluding hydrogens is 330 g/mol. The van der Waals surface area contributed by atoms with Crippen LogP contribution >= 0.6 is 0 Å². The molecule has 0 saturated carbocycles. The summed E-state index contributed by atoms with van der Waals surface area (Å²) in [6.45, 7) is 11.4.